The SMILES string of the molecule is CN(CCc1noc(-c2ccccc2)n1)C(=O)Cc1ccc(F)cc1. The lowest BCUT2D eigenvalue weighted by Gasteiger charge is -2.16. The van der Waals surface area contributed by atoms with Crippen molar-refractivity contribution in [1.82, 2.24) is 15.0 Å². The van der Waals surface area contributed by atoms with Crippen molar-refractivity contribution in [1.29, 1.82) is 0 Å². The van der Waals surface area contributed by atoms with E-state index < -0.39 is 0 Å². The van der Waals surface area contributed by atoms with Crippen LogP contribution >= 0.6 is 0 Å². The zero-order valence-corrected chi connectivity index (χ0v) is 13.9. The number of carbonyl (C=O) groups excluding carboxylic acids is 1. The van der Waals surface area contributed by atoms with Crippen molar-refractivity contribution >= 4 is 5.91 Å². The van der Waals surface area contributed by atoms with E-state index in [0.717, 1.165) is 11.1 Å². The van der Waals surface area contributed by atoms with Gasteiger partial charge in [-0.2, -0.15) is 4.98 Å². The van der Waals surface area contributed by atoms with Gasteiger partial charge >= 0.3 is 0 Å². The Bertz CT molecular complexity index is 831. The molecular weight excluding hydrogens is 321 g/mol. The summed E-state index contributed by atoms with van der Waals surface area (Å²) in [5, 5.41) is 3.95. The van der Waals surface area contributed by atoms with E-state index in [9.17, 15) is 9.18 Å². The van der Waals surface area contributed by atoms with Crippen LogP contribution in [0, 0.1) is 5.82 Å². The summed E-state index contributed by atoms with van der Waals surface area (Å²) >= 11 is 0. The average Bonchev–Trinajstić information content (AvgIpc) is 3.11. The van der Waals surface area contributed by atoms with Crippen LogP contribution in [0.5, 0.6) is 0 Å². The van der Waals surface area contributed by atoms with Gasteiger partial charge in [0.1, 0.15) is 5.82 Å². The highest BCUT2D eigenvalue weighted by molar-refractivity contribution is 5.78. The molecule has 25 heavy (non-hydrogen) atoms. The highest BCUT2D eigenvalue weighted by Crippen LogP contribution is 2.16. The Morgan fingerprint density at radius 3 is 2.56 bits per heavy atom. The Kier molecular flexibility index (Phi) is 5.18. The standard InChI is InChI=1S/C19H18FN3O2/c1-23(18(24)13-14-7-9-16(20)10-8-14)12-11-17-21-19(25-22-17)15-5-3-2-4-6-15/h2-10H,11-13H2,1H3. The van der Waals surface area contributed by atoms with Crippen LogP contribution in [0.15, 0.2) is 59.1 Å². The first-order valence-electron chi connectivity index (χ1n) is 7.98. The molecule has 0 N–H and O–H groups in total. The van der Waals surface area contributed by atoms with Crippen LogP contribution in [0.1, 0.15) is 11.4 Å². The number of halogens is 1. The molecule has 1 amide bonds. The number of hydrogen-bond acceptors (Lipinski definition) is 4. The van der Waals surface area contributed by atoms with Crippen LogP contribution in [0.2, 0.25) is 0 Å². The topological polar surface area (TPSA) is 59.2 Å². The molecule has 3 aromatic rings. The van der Waals surface area contributed by atoms with Crippen molar-refractivity contribution in [2.75, 3.05) is 13.6 Å². The molecule has 0 aliphatic heterocycles. The lowest BCUT2D eigenvalue weighted by atomic mass is 10.1. The number of hydrogen-bond donors (Lipinski definition) is 0. The highest BCUT2D eigenvalue weighted by atomic mass is 19.1. The van der Waals surface area contributed by atoms with E-state index in [2.05, 4.69) is 10.1 Å². The van der Waals surface area contributed by atoms with Gasteiger partial charge in [0.15, 0.2) is 5.82 Å². The largest absolute Gasteiger partial charge is 0.345 e. The van der Waals surface area contributed by atoms with Crippen LogP contribution in [-0.2, 0) is 17.6 Å². The van der Waals surface area contributed by atoms with E-state index >= 15 is 0 Å². The van der Waals surface area contributed by atoms with Gasteiger partial charge in [-0.05, 0) is 29.8 Å². The molecule has 0 saturated heterocycles. The first-order valence-corrected chi connectivity index (χ1v) is 7.98. The summed E-state index contributed by atoms with van der Waals surface area (Å²) in [5.41, 5.74) is 1.64. The lowest BCUT2D eigenvalue weighted by Crippen LogP contribution is -2.30. The van der Waals surface area contributed by atoms with Gasteiger partial charge in [0.05, 0.1) is 6.42 Å². The second-order valence-corrected chi connectivity index (χ2v) is 5.75. The maximum absolute atomic E-state index is 12.9. The average molecular weight is 339 g/mol. The summed E-state index contributed by atoms with van der Waals surface area (Å²) in [7, 11) is 1.73. The van der Waals surface area contributed by atoms with Gasteiger partial charge < -0.3 is 9.42 Å². The third-order valence-electron chi connectivity index (χ3n) is 3.85. The highest BCUT2D eigenvalue weighted by Gasteiger charge is 2.13. The van der Waals surface area contributed by atoms with E-state index in [1.807, 2.05) is 30.3 Å². The molecule has 3 rings (SSSR count). The number of aromatic nitrogens is 2. The molecule has 0 aliphatic rings. The molecule has 1 heterocycles. The fourth-order valence-corrected chi connectivity index (χ4v) is 2.36. The van der Waals surface area contributed by atoms with E-state index in [1.165, 1.54) is 12.1 Å². The van der Waals surface area contributed by atoms with Gasteiger partial charge in [0, 0.05) is 25.6 Å². The van der Waals surface area contributed by atoms with Crippen molar-refractivity contribution in [2.45, 2.75) is 12.8 Å². The van der Waals surface area contributed by atoms with Gasteiger partial charge in [0.2, 0.25) is 5.91 Å². The van der Waals surface area contributed by atoms with Crippen LogP contribution < -0.4 is 0 Å². The molecule has 0 aliphatic carbocycles. The lowest BCUT2D eigenvalue weighted by molar-refractivity contribution is -0.129. The van der Waals surface area contributed by atoms with Gasteiger partial charge in [-0.15, -0.1) is 0 Å². The molecule has 0 bridgehead atoms. The zero-order chi connectivity index (χ0) is 17.6. The molecule has 0 saturated carbocycles. The molecular formula is C19H18FN3O2. The molecule has 0 spiro atoms. The molecule has 0 unspecified atom stereocenters. The van der Waals surface area contributed by atoms with E-state index in [1.54, 1.807) is 24.1 Å². The predicted octanol–water partition coefficient (Wildman–Crippen LogP) is 3.12. The van der Waals surface area contributed by atoms with Crippen LogP contribution in [-0.4, -0.2) is 34.5 Å². The molecule has 0 radical (unpaired) electrons. The molecule has 6 heteroatoms. The molecule has 128 valence electrons. The molecule has 2 aromatic carbocycles. The predicted molar refractivity (Wildman–Crippen MR) is 91.2 cm³/mol. The third kappa shape index (κ3) is 4.50. The number of carbonyl (C=O) groups is 1. The Morgan fingerprint density at radius 1 is 1.12 bits per heavy atom. The van der Waals surface area contributed by atoms with Crippen LogP contribution in [0.25, 0.3) is 11.5 Å². The van der Waals surface area contributed by atoms with Gasteiger partial charge in [-0.1, -0.05) is 35.5 Å². The van der Waals surface area contributed by atoms with Crippen molar-refractivity contribution in [3.8, 4) is 11.5 Å². The maximum atomic E-state index is 12.9. The minimum absolute atomic E-state index is 0.0432. The minimum atomic E-state index is -0.309. The van der Waals surface area contributed by atoms with Crippen LogP contribution in [0.3, 0.4) is 0 Å². The van der Waals surface area contributed by atoms with E-state index in [4.69, 9.17) is 4.52 Å². The quantitative estimate of drug-likeness (QED) is 0.692. The van der Waals surface area contributed by atoms with Crippen molar-refractivity contribution in [2.24, 2.45) is 0 Å². The number of rotatable bonds is 6. The first kappa shape index (κ1) is 16.8. The van der Waals surface area contributed by atoms with Gasteiger partial charge in [-0.25, -0.2) is 4.39 Å². The second kappa shape index (κ2) is 7.70. The Balaban J connectivity index is 1.53. The molecule has 1 aromatic heterocycles. The summed E-state index contributed by atoms with van der Waals surface area (Å²) in [6, 6.07) is 15.5. The van der Waals surface area contributed by atoms with Crippen molar-refractivity contribution in [3.63, 3.8) is 0 Å². The molecule has 5 nitrogen and oxygen atoms in total. The van der Waals surface area contributed by atoms with E-state index in [0.29, 0.717) is 24.7 Å². The summed E-state index contributed by atoms with van der Waals surface area (Å²) < 4.78 is 18.1. The Hall–Kier alpha value is -3.02. The van der Waals surface area contributed by atoms with Crippen LogP contribution in [0.4, 0.5) is 4.39 Å². The monoisotopic (exact) mass is 339 g/mol. The number of amides is 1. The summed E-state index contributed by atoms with van der Waals surface area (Å²) in [6.45, 7) is 0.480. The normalized spacial score (nSPS) is 10.6. The zero-order valence-electron chi connectivity index (χ0n) is 13.9. The summed E-state index contributed by atoms with van der Waals surface area (Å²) in [6.07, 6.45) is 0.736. The van der Waals surface area contributed by atoms with Crippen molar-refractivity contribution < 1.29 is 13.7 Å². The molecule has 0 fully saturated rings. The first-order chi connectivity index (χ1) is 12.1. The number of nitrogens with zero attached hydrogens (tertiary/aromatic N) is 3. The Labute approximate surface area is 145 Å². The van der Waals surface area contributed by atoms with E-state index in [-0.39, 0.29) is 18.1 Å². The second-order valence-electron chi connectivity index (χ2n) is 5.75. The summed E-state index contributed by atoms with van der Waals surface area (Å²) in [5.74, 6) is 0.672. The maximum Gasteiger partial charge on any atom is 0.257 e. The fourth-order valence-electron chi connectivity index (χ4n) is 2.36. The molecule has 0 atom stereocenters. The number of benzene rings is 2. The summed E-state index contributed by atoms with van der Waals surface area (Å²) in [4.78, 5) is 18.2. The number of likely N-dealkylation sites (N-methyl/N-ethyl adjacent to an activating group) is 1. The van der Waals surface area contributed by atoms with Gasteiger partial charge in [-0.3, -0.25) is 4.79 Å². The van der Waals surface area contributed by atoms with Gasteiger partial charge in [0.25, 0.3) is 5.89 Å². The smallest absolute Gasteiger partial charge is 0.257 e. The third-order valence-corrected chi connectivity index (χ3v) is 3.85. The Morgan fingerprint density at radius 2 is 1.84 bits per heavy atom. The minimum Gasteiger partial charge on any atom is -0.345 e. The fraction of sp³-hybridized carbons (Fsp3) is 0.211. The van der Waals surface area contributed by atoms with Crippen molar-refractivity contribution in [3.05, 3.63) is 71.8 Å².